The van der Waals surface area contributed by atoms with E-state index in [1.807, 2.05) is 0 Å². The van der Waals surface area contributed by atoms with E-state index < -0.39 is 0 Å². The van der Waals surface area contributed by atoms with Crippen LogP contribution in [0.1, 0.15) is 27.2 Å². The Morgan fingerprint density at radius 3 is 2.25 bits per heavy atom. The fourth-order valence-corrected chi connectivity index (χ4v) is 1.61. The standard InChI is InChI=1S/C10H21NO/c1-6-7(2)8(3)9-10(12-9)11(4)5/h7-10H,6H2,1-5H3. The normalized spacial score (nSPS) is 33.5. The smallest absolute Gasteiger partial charge is 0.137 e. The molecule has 0 saturated carbocycles. The summed E-state index contributed by atoms with van der Waals surface area (Å²) in [4.78, 5) is 2.16. The molecule has 0 aromatic heterocycles. The molecule has 1 fully saturated rings. The largest absolute Gasteiger partial charge is 0.353 e. The van der Waals surface area contributed by atoms with Crippen molar-refractivity contribution in [2.45, 2.75) is 39.5 Å². The fraction of sp³-hybridized carbons (Fsp3) is 1.00. The van der Waals surface area contributed by atoms with Crippen molar-refractivity contribution in [2.24, 2.45) is 11.8 Å². The molecule has 1 saturated heterocycles. The summed E-state index contributed by atoms with van der Waals surface area (Å²) in [7, 11) is 4.15. The summed E-state index contributed by atoms with van der Waals surface area (Å²) in [5, 5.41) is 0. The first-order valence-electron chi connectivity index (χ1n) is 4.89. The van der Waals surface area contributed by atoms with Crippen molar-refractivity contribution in [1.82, 2.24) is 4.90 Å². The molecule has 1 rings (SSSR count). The van der Waals surface area contributed by atoms with Crippen LogP contribution >= 0.6 is 0 Å². The molecule has 2 heteroatoms. The zero-order valence-corrected chi connectivity index (χ0v) is 8.87. The van der Waals surface area contributed by atoms with Crippen LogP contribution in [-0.2, 0) is 4.74 Å². The lowest BCUT2D eigenvalue weighted by molar-refractivity contribution is 0.231. The monoisotopic (exact) mass is 171 g/mol. The minimum Gasteiger partial charge on any atom is -0.353 e. The Bertz CT molecular complexity index is 147. The summed E-state index contributed by atoms with van der Waals surface area (Å²) in [6.45, 7) is 6.84. The van der Waals surface area contributed by atoms with Crippen molar-refractivity contribution in [3.63, 3.8) is 0 Å². The van der Waals surface area contributed by atoms with Crippen LogP contribution in [-0.4, -0.2) is 31.3 Å². The number of ether oxygens (including phenoxy) is 1. The molecule has 0 amide bonds. The van der Waals surface area contributed by atoms with Gasteiger partial charge >= 0.3 is 0 Å². The molecule has 1 aliphatic rings. The number of epoxide rings is 1. The van der Waals surface area contributed by atoms with Crippen molar-refractivity contribution in [2.75, 3.05) is 14.1 Å². The summed E-state index contributed by atoms with van der Waals surface area (Å²) in [6, 6.07) is 0. The van der Waals surface area contributed by atoms with E-state index in [4.69, 9.17) is 4.74 Å². The van der Waals surface area contributed by atoms with Crippen molar-refractivity contribution in [3.05, 3.63) is 0 Å². The molecule has 4 unspecified atom stereocenters. The summed E-state index contributed by atoms with van der Waals surface area (Å²) in [6.07, 6.45) is 2.12. The van der Waals surface area contributed by atoms with E-state index in [0.717, 1.165) is 5.92 Å². The average Bonchev–Trinajstić information content (AvgIpc) is 2.80. The van der Waals surface area contributed by atoms with Gasteiger partial charge in [0.1, 0.15) is 12.3 Å². The predicted octanol–water partition coefficient (Wildman–Crippen LogP) is 1.96. The summed E-state index contributed by atoms with van der Waals surface area (Å²) >= 11 is 0. The molecule has 0 N–H and O–H groups in total. The number of hydrogen-bond acceptors (Lipinski definition) is 2. The second-order valence-electron chi connectivity index (χ2n) is 4.20. The fourth-order valence-electron chi connectivity index (χ4n) is 1.61. The van der Waals surface area contributed by atoms with Crippen molar-refractivity contribution < 1.29 is 4.74 Å². The Kier molecular flexibility index (Phi) is 3.13. The van der Waals surface area contributed by atoms with E-state index in [9.17, 15) is 0 Å². The van der Waals surface area contributed by atoms with Crippen molar-refractivity contribution >= 4 is 0 Å². The molecule has 12 heavy (non-hydrogen) atoms. The molecule has 72 valence electrons. The quantitative estimate of drug-likeness (QED) is 0.601. The van der Waals surface area contributed by atoms with Crippen molar-refractivity contribution in [3.8, 4) is 0 Å². The maximum absolute atomic E-state index is 5.59. The highest BCUT2D eigenvalue weighted by molar-refractivity contribution is 4.88. The number of nitrogens with zero attached hydrogens (tertiary/aromatic N) is 1. The minimum absolute atomic E-state index is 0.383. The van der Waals surface area contributed by atoms with Gasteiger partial charge < -0.3 is 4.74 Å². The highest BCUT2D eigenvalue weighted by atomic mass is 16.6. The maximum Gasteiger partial charge on any atom is 0.137 e. The number of rotatable bonds is 4. The first-order valence-corrected chi connectivity index (χ1v) is 4.89. The molecule has 0 aromatic rings. The first kappa shape index (κ1) is 10.0. The van der Waals surface area contributed by atoms with Crippen LogP contribution in [0.15, 0.2) is 0 Å². The topological polar surface area (TPSA) is 15.8 Å². The van der Waals surface area contributed by atoms with Crippen LogP contribution in [0.25, 0.3) is 0 Å². The number of hydrogen-bond donors (Lipinski definition) is 0. The van der Waals surface area contributed by atoms with Gasteiger partial charge in [0.25, 0.3) is 0 Å². The predicted molar refractivity (Wildman–Crippen MR) is 51.0 cm³/mol. The van der Waals surface area contributed by atoms with Gasteiger partial charge in [-0.1, -0.05) is 27.2 Å². The van der Waals surface area contributed by atoms with E-state index >= 15 is 0 Å². The second-order valence-corrected chi connectivity index (χ2v) is 4.20. The van der Waals surface area contributed by atoms with Crippen LogP contribution in [0.2, 0.25) is 0 Å². The SMILES string of the molecule is CCC(C)C(C)C1OC1N(C)C. The van der Waals surface area contributed by atoms with E-state index in [-0.39, 0.29) is 0 Å². The first-order chi connectivity index (χ1) is 5.57. The summed E-state index contributed by atoms with van der Waals surface area (Å²) in [5.41, 5.74) is 0. The van der Waals surface area contributed by atoms with Crippen LogP contribution in [0.5, 0.6) is 0 Å². The Hall–Kier alpha value is -0.0800. The lowest BCUT2D eigenvalue weighted by Gasteiger charge is -2.16. The van der Waals surface area contributed by atoms with E-state index in [1.54, 1.807) is 0 Å². The molecule has 0 spiro atoms. The van der Waals surface area contributed by atoms with Gasteiger partial charge in [0.2, 0.25) is 0 Å². The Labute approximate surface area is 75.9 Å². The molecule has 1 aliphatic heterocycles. The van der Waals surface area contributed by atoms with E-state index in [1.165, 1.54) is 6.42 Å². The molecule has 1 heterocycles. The summed E-state index contributed by atoms with van der Waals surface area (Å²) < 4.78 is 5.59. The lowest BCUT2D eigenvalue weighted by Crippen LogP contribution is -2.23. The lowest BCUT2D eigenvalue weighted by atomic mass is 9.90. The zero-order valence-electron chi connectivity index (χ0n) is 8.87. The third kappa shape index (κ3) is 1.99. The molecule has 0 aliphatic carbocycles. The molecular weight excluding hydrogens is 150 g/mol. The van der Waals surface area contributed by atoms with Gasteiger partial charge in [0, 0.05) is 0 Å². The zero-order chi connectivity index (χ0) is 9.30. The number of likely N-dealkylation sites (N-methyl/N-ethyl adjacent to an activating group) is 1. The highest BCUT2D eigenvalue weighted by Gasteiger charge is 2.45. The molecule has 2 nitrogen and oxygen atoms in total. The van der Waals surface area contributed by atoms with Crippen LogP contribution in [0.3, 0.4) is 0 Å². The molecule has 0 aromatic carbocycles. The Morgan fingerprint density at radius 1 is 1.33 bits per heavy atom. The highest BCUT2D eigenvalue weighted by Crippen LogP contribution is 2.35. The van der Waals surface area contributed by atoms with Gasteiger partial charge in [0.15, 0.2) is 0 Å². The molecule has 0 radical (unpaired) electrons. The third-order valence-electron chi connectivity index (χ3n) is 3.07. The third-order valence-corrected chi connectivity index (χ3v) is 3.07. The minimum atomic E-state index is 0.383. The Balaban J connectivity index is 2.32. The Morgan fingerprint density at radius 2 is 1.92 bits per heavy atom. The average molecular weight is 171 g/mol. The maximum atomic E-state index is 5.59. The summed E-state index contributed by atoms with van der Waals surface area (Å²) in [5.74, 6) is 1.47. The molecule has 4 atom stereocenters. The van der Waals surface area contributed by atoms with Crippen LogP contribution < -0.4 is 0 Å². The second kappa shape index (κ2) is 3.75. The van der Waals surface area contributed by atoms with Gasteiger partial charge in [0.05, 0.1) is 0 Å². The van der Waals surface area contributed by atoms with E-state index in [0.29, 0.717) is 18.2 Å². The van der Waals surface area contributed by atoms with Gasteiger partial charge in [-0.2, -0.15) is 0 Å². The van der Waals surface area contributed by atoms with Crippen LogP contribution in [0, 0.1) is 11.8 Å². The van der Waals surface area contributed by atoms with Gasteiger partial charge in [-0.05, 0) is 25.9 Å². The van der Waals surface area contributed by atoms with Crippen LogP contribution in [0.4, 0.5) is 0 Å². The van der Waals surface area contributed by atoms with Gasteiger partial charge in [-0.15, -0.1) is 0 Å². The molecular formula is C10H21NO. The van der Waals surface area contributed by atoms with Gasteiger partial charge in [-0.25, -0.2) is 0 Å². The van der Waals surface area contributed by atoms with Gasteiger partial charge in [-0.3, -0.25) is 4.90 Å². The molecule has 0 bridgehead atoms. The van der Waals surface area contributed by atoms with E-state index in [2.05, 4.69) is 39.8 Å². The van der Waals surface area contributed by atoms with Crippen molar-refractivity contribution in [1.29, 1.82) is 0 Å².